The number of carbonyl (C=O) groups excluding carboxylic acids is 5. The predicted molar refractivity (Wildman–Crippen MR) is 107 cm³/mol. The van der Waals surface area contributed by atoms with Crippen molar-refractivity contribution in [3.05, 3.63) is 0 Å². The Morgan fingerprint density at radius 3 is 2.40 bits per heavy atom. The van der Waals surface area contributed by atoms with Crippen LogP contribution in [0.2, 0.25) is 0 Å². The number of nitrogens with one attached hydrogen (secondary N) is 3. The highest BCUT2D eigenvalue weighted by Crippen LogP contribution is 2.46. The molecule has 3 N–H and O–H groups in total. The zero-order valence-corrected chi connectivity index (χ0v) is 18.5. The van der Waals surface area contributed by atoms with Crippen LogP contribution in [0.3, 0.4) is 0 Å². The Hall–Kier alpha value is -2.65. The first-order valence-corrected chi connectivity index (χ1v) is 10.2. The number of nitrogens with zero attached hydrogens (tertiary/aromatic N) is 1. The number of esters is 1. The summed E-state index contributed by atoms with van der Waals surface area (Å²) in [6, 6.07) is -1.52. The van der Waals surface area contributed by atoms with Gasteiger partial charge in [0.05, 0.1) is 0 Å². The Labute approximate surface area is 176 Å². The van der Waals surface area contributed by atoms with Gasteiger partial charge in [-0.2, -0.15) is 0 Å². The van der Waals surface area contributed by atoms with Crippen LogP contribution < -0.4 is 16.0 Å². The van der Waals surface area contributed by atoms with Gasteiger partial charge in [-0.15, -0.1) is 0 Å². The third-order valence-corrected chi connectivity index (χ3v) is 5.25. The first-order valence-electron chi connectivity index (χ1n) is 10.2. The van der Waals surface area contributed by atoms with Crippen LogP contribution in [0.15, 0.2) is 0 Å². The molecule has 6 amide bonds. The molecule has 2 aliphatic rings. The van der Waals surface area contributed by atoms with Crippen LogP contribution in [0.25, 0.3) is 0 Å². The molecule has 0 aromatic heterocycles. The van der Waals surface area contributed by atoms with E-state index in [0.29, 0.717) is 12.8 Å². The molecule has 3 unspecified atom stereocenters. The maximum atomic E-state index is 13.0. The highest BCUT2D eigenvalue weighted by molar-refractivity contribution is 6.09. The van der Waals surface area contributed by atoms with Crippen LogP contribution in [0.4, 0.5) is 9.59 Å². The van der Waals surface area contributed by atoms with Gasteiger partial charge in [0.1, 0.15) is 12.1 Å². The van der Waals surface area contributed by atoms with E-state index in [1.54, 1.807) is 13.8 Å². The third kappa shape index (κ3) is 5.48. The van der Waals surface area contributed by atoms with E-state index in [-0.39, 0.29) is 17.4 Å². The van der Waals surface area contributed by atoms with Gasteiger partial charge in [0, 0.05) is 6.04 Å². The van der Waals surface area contributed by atoms with E-state index in [0.717, 1.165) is 11.3 Å². The molecule has 10 nitrogen and oxygen atoms in total. The lowest BCUT2D eigenvalue weighted by molar-refractivity contribution is -0.156. The predicted octanol–water partition coefficient (Wildman–Crippen LogP) is 1.29. The van der Waals surface area contributed by atoms with Crippen molar-refractivity contribution in [1.29, 1.82) is 0 Å². The number of hydrogen-bond donors (Lipinski definition) is 3. The lowest BCUT2D eigenvalue weighted by Crippen LogP contribution is -2.54. The summed E-state index contributed by atoms with van der Waals surface area (Å²) in [4.78, 5) is 62.1. The van der Waals surface area contributed by atoms with Crippen LogP contribution in [0.1, 0.15) is 60.8 Å². The Kier molecular flexibility index (Phi) is 6.78. The maximum Gasteiger partial charge on any atom is 0.327 e. The van der Waals surface area contributed by atoms with Gasteiger partial charge in [-0.05, 0) is 51.4 Å². The average molecular weight is 424 g/mol. The smallest absolute Gasteiger partial charge is 0.327 e. The second-order valence-electron chi connectivity index (χ2n) is 9.51. The zero-order valence-electron chi connectivity index (χ0n) is 18.5. The maximum absolute atomic E-state index is 13.0. The molecule has 10 heteroatoms. The topological polar surface area (TPSA) is 134 Å². The first-order chi connectivity index (χ1) is 13.7. The molecular weight excluding hydrogens is 392 g/mol. The van der Waals surface area contributed by atoms with Crippen molar-refractivity contribution in [2.75, 3.05) is 6.54 Å². The van der Waals surface area contributed by atoms with Crippen molar-refractivity contribution in [1.82, 2.24) is 20.9 Å². The van der Waals surface area contributed by atoms with Crippen molar-refractivity contribution < 1.29 is 28.7 Å². The molecule has 2 fully saturated rings. The monoisotopic (exact) mass is 424 g/mol. The number of ether oxygens (including phenoxy) is 1. The minimum Gasteiger partial charge on any atom is -0.451 e. The minimum atomic E-state index is -1.27. The van der Waals surface area contributed by atoms with E-state index in [4.69, 9.17) is 4.74 Å². The van der Waals surface area contributed by atoms with E-state index >= 15 is 0 Å². The van der Waals surface area contributed by atoms with Gasteiger partial charge in [0.15, 0.2) is 6.10 Å². The van der Waals surface area contributed by atoms with Crippen LogP contribution in [-0.4, -0.2) is 59.0 Å². The lowest BCUT2D eigenvalue weighted by atomic mass is 9.64. The fourth-order valence-electron chi connectivity index (χ4n) is 4.58. The second-order valence-corrected chi connectivity index (χ2v) is 9.51. The van der Waals surface area contributed by atoms with Crippen molar-refractivity contribution in [3.63, 3.8) is 0 Å². The normalized spacial score (nSPS) is 26.4. The Morgan fingerprint density at radius 2 is 1.83 bits per heavy atom. The summed E-state index contributed by atoms with van der Waals surface area (Å²) in [6.45, 7) is 10.3. The molecule has 0 bridgehead atoms. The molecule has 3 atom stereocenters. The fourth-order valence-corrected chi connectivity index (χ4v) is 4.58. The summed E-state index contributed by atoms with van der Waals surface area (Å²) in [7, 11) is 0. The molecule has 2 rings (SSSR count). The van der Waals surface area contributed by atoms with Gasteiger partial charge >= 0.3 is 18.0 Å². The molecule has 1 aliphatic heterocycles. The molecule has 168 valence electrons. The van der Waals surface area contributed by atoms with Gasteiger partial charge in [0.2, 0.25) is 0 Å². The number of rotatable bonds is 5. The number of imide groups is 2. The quantitative estimate of drug-likeness (QED) is 0.450. The summed E-state index contributed by atoms with van der Waals surface area (Å²) in [5.41, 5.74) is -1.14. The summed E-state index contributed by atoms with van der Waals surface area (Å²) in [6.07, 6.45) is 0.677. The van der Waals surface area contributed by atoms with E-state index in [2.05, 4.69) is 29.8 Å². The molecule has 1 saturated carbocycles. The standard InChI is InChI=1S/C20H32N4O6/c1-11(2)21-17(28)22-15(26)13(4)30-14(25)9-24-16(27)20(23-18(24)29)8-12(3)7-19(5,6)10-20/h11-13H,7-10H2,1-6H3,(H,23,29)(H2,21,22,26,28). The molecule has 0 aromatic rings. The molecule has 1 spiro atoms. The molecular formula is C20H32N4O6. The van der Waals surface area contributed by atoms with Crippen LogP contribution in [0, 0.1) is 11.3 Å². The molecule has 1 saturated heterocycles. The lowest BCUT2D eigenvalue weighted by Gasteiger charge is -2.43. The zero-order chi connectivity index (χ0) is 22.9. The first kappa shape index (κ1) is 23.6. The number of carbonyl (C=O) groups is 5. The molecule has 1 heterocycles. The van der Waals surface area contributed by atoms with E-state index in [1.807, 2.05) is 6.92 Å². The highest BCUT2D eigenvalue weighted by Gasteiger charge is 2.56. The number of hydrogen-bond acceptors (Lipinski definition) is 6. The molecule has 0 radical (unpaired) electrons. The van der Waals surface area contributed by atoms with Crippen molar-refractivity contribution in [2.24, 2.45) is 11.3 Å². The third-order valence-electron chi connectivity index (χ3n) is 5.25. The fraction of sp³-hybridized carbons (Fsp3) is 0.750. The average Bonchev–Trinajstić information content (AvgIpc) is 2.75. The van der Waals surface area contributed by atoms with Gasteiger partial charge < -0.3 is 15.4 Å². The second kappa shape index (κ2) is 8.61. The minimum absolute atomic E-state index is 0.125. The Morgan fingerprint density at radius 1 is 1.20 bits per heavy atom. The van der Waals surface area contributed by atoms with Gasteiger partial charge in [-0.1, -0.05) is 20.8 Å². The summed E-state index contributed by atoms with van der Waals surface area (Å²) in [5, 5.41) is 7.32. The van der Waals surface area contributed by atoms with Crippen molar-refractivity contribution >= 4 is 29.8 Å². The van der Waals surface area contributed by atoms with Crippen LogP contribution in [0.5, 0.6) is 0 Å². The van der Waals surface area contributed by atoms with E-state index in [9.17, 15) is 24.0 Å². The Bertz CT molecular complexity index is 750. The van der Waals surface area contributed by atoms with E-state index < -0.39 is 48.0 Å². The van der Waals surface area contributed by atoms with Gasteiger partial charge in [-0.3, -0.25) is 24.6 Å². The molecule has 0 aromatic carbocycles. The SMILES string of the molecule is CC1CC(C)(C)CC2(C1)NC(=O)N(CC(=O)OC(C)C(=O)NC(=O)NC(C)C)C2=O. The highest BCUT2D eigenvalue weighted by atomic mass is 16.5. The molecule has 30 heavy (non-hydrogen) atoms. The van der Waals surface area contributed by atoms with Crippen molar-refractivity contribution in [3.8, 4) is 0 Å². The number of urea groups is 2. The largest absolute Gasteiger partial charge is 0.451 e. The van der Waals surface area contributed by atoms with E-state index in [1.165, 1.54) is 6.92 Å². The summed E-state index contributed by atoms with van der Waals surface area (Å²) >= 11 is 0. The van der Waals surface area contributed by atoms with Gasteiger partial charge in [0.25, 0.3) is 11.8 Å². The van der Waals surface area contributed by atoms with Crippen LogP contribution >= 0.6 is 0 Å². The molecule has 1 aliphatic carbocycles. The number of amides is 6. The Balaban J connectivity index is 1.97. The summed E-state index contributed by atoms with van der Waals surface area (Å²) < 4.78 is 5.01. The van der Waals surface area contributed by atoms with Crippen LogP contribution in [-0.2, 0) is 19.1 Å². The van der Waals surface area contributed by atoms with Crippen molar-refractivity contribution in [2.45, 2.75) is 78.5 Å². The summed E-state index contributed by atoms with van der Waals surface area (Å²) in [5.74, 6) is -1.92. The van der Waals surface area contributed by atoms with Gasteiger partial charge in [-0.25, -0.2) is 9.59 Å².